The van der Waals surface area contributed by atoms with E-state index in [4.69, 9.17) is 12.6 Å². The average Bonchev–Trinajstić information content (AvgIpc) is 2.00. The zero-order valence-electron chi connectivity index (χ0n) is 10.8. The van der Waals surface area contributed by atoms with Crippen LogP contribution in [0.2, 0.25) is 0 Å². The highest BCUT2D eigenvalue weighted by Crippen LogP contribution is 2.23. The number of rotatable bonds is 7. The Bertz CT molecular complexity index is 171. The van der Waals surface area contributed by atoms with E-state index in [1.54, 1.807) is 6.92 Å². The lowest BCUT2D eigenvalue weighted by atomic mass is 9.74. The zero-order chi connectivity index (χ0) is 12.1. The second kappa shape index (κ2) is 6.54. The van der Waals surface area contributed by atoms with Gasteiger partial charge >= 0.3 is 0 Å². The fraction of sp³-hybridized carbons (Fsp3) is 1.00. The number of aliphatic hydroxyl groups excluding tert-OH is 1. The predicted octanol–water partition coefficient (Wildman–Crippen LogP) is 2.48. The first-order valence-corrected chi connectivity index (χ1v) is 5.94. The number of aliphatic hydroxyl groups is 1. The van der Waals surface area contributed by atoms with E-state index in [-0.39, 0.29) is 6.10 Å². The monoisotopic (exact) mass is 212 g/mol. The van der Waals surface area contributed by atoms with Gasteiger partial charge in [-0.05, 0) is 39.0 Å². The van der Waals surface area contributed by atoms with Gasteiger partial charge in [0.1, 0.15) is 7.85 Å². The smallest absolute Gasteiger partial charge is 0.113 e. The van der Waals surface area contributed by atoms with E-state index in [9.17, 15) is 5.11 Å². The quantitative estimate of drug-likeness (QED) is 0.657. The van der Waals surface area contributed by atoms with E-state index in [2.05, 4.69) is 13.8 Å². The van der Waals surface area contributed by atoms with E-state index in [1.807, 2.05) is 13.8 Å². The van der Waals surface area contributed by atoms with Crippen molar-refractivity contribution in [3.63, 3.8) is 0 Å². The van der Waals surface area contributed by atoms with Gasteiger partial charge in [0.25, 0.3) is 0 Å². The standard InChI is InChI=1S/C12H25BO2/c1-6-12(13,8-10(4)14)15-11(5)7-9(2)3/h9-11,14H,6-8H2,1-5H3. The summed E-state index contributed by atoms with van der Waals surface area (Å²) >= 11 is 0. The van der Waals surface area contributed by atoms with Crippen molar-refractivity contribution in [2.24, 2.45) is 5.92 Å². The summed E-state index contributed by atoms with van der Waals surface area (Å²) in [5.74, 6) is 0.604. The highest BCUT2D eigenvalue weighted by atomic mass is 16.5. The van der Waals surface area contributed by atoms with E-state index in [0.717, 1.165) is 12.8 Å². The number of hydrogen-bond donors (Lipinski definition) is 1. The van der Waals surface area contributed by atoms with Gasteiger partial charge in [-0.25, -0.2) is 0 Å². The van der Waals surface area contributed by atoms with Crippen molar-refractivity contribution in [2.75, 3.05) is 0 Å². The molecule has 0 fully saturated rings. The molecular weight excluding hydrogens is 187 g/mol. The minimum atomic E-state index is -0.678. The van der Waals surface area contributed by atoms with Gasteiger partial charge in [0.15, 0.2) is 0 Å². The highest BCUT2D eigenvalue weighted by Gasteiger charge is 2.26. The molecule has 3 heteroatoms. The van der Waals surface area contributed by atoms with Crippen LogP contribution in [-0.2, 0) is 4.74 Å². The largest absolute Gasteiger partial charge is 0.393 e. The Morgan fingerprint density at radius 1 is 1.27 bits per heavy atom. The van der Waals surface area contributed by atoms with Gasteiger partial charge in [-0.15, -0.1) is 0 Å². The Hall–Kier alpha value is -0.0151. The maximum Gasteiger partial charge on any atom is 0.113 e. The average molecular weight is 212 g/mol. The first kappa shape index (κ1) is 15.0. The van der Waals surface area contributed by atoms with Crippen LogP contribution in [0.4, 0.5) is 0 Å². The van der Waals surface area contributed by atoms with Crippen molar-refractivity contribution in [2.45, 2.75) is 71.6 Å². The Morgan fingerprint density at radius 2 is 1.80 bits per heavy atom. The minimum Gasteiger partial charge on any atom is -0.393 e. The Balaban J connectivity index is 4.17. The van der Waals surface area contributed by atoms with Crippen LogP contribution in [0.25, 0.3) is 0 Å². The van der Waals surface area contributed by atoms with E-state index in [0.29, 0.717) is 12.3 Å². The van der Waals surface area contributed by atoms with Gasteiger partial charge in [-0.1, -0.05) is 20.8 Å². The molecule has 0 aromatic carbocycles. The van der Waals surface area contributed by atoms with Gasteiger partial charge in [-0.3, -0.25) is 0 Å². The topological polar surface area (TPSA) is 29.5 Å². The van der Waals surface area contributed by atoms with Crippen LogP contribution in [0.3, 0.4) is 0 Å². The molecule has 0 aliphatic carbocycles. The van der Waals surface area contributed by atoms with Crippen LogP contribution < -0.4 is 0 Å². The van der Waals surface area contributed by atoms with Gasteiger partial charge in [0, 0.05) is 5.50 Å². The van der Waals surface area contributed by atoms with Crippen LogP contribution in [0.5, 0.6) is 0 Å². The predicted molar refractivity (Wildman–Crippen MR) is 65.1 cm³/mol. The second-order valence-corrected chi connectivity index (χ2v) is 5.03. The number of ether oxygens (including phenoxy) is 1. The summed E-state index contributed by atoms with van der Waals surface area (Å²) in [6.07, 6.45) is 1.94. The maximum absolute atomic E-state index is 9.35. The molecule has 88 valence electrons. The lowest BCUT2D eigenvalue weighted by molar-refractivity contribution is -0.0627. The molecule has 0 saturated heterocycles. The SMILES string of the molecule is [B]C(CC)(CC(C)O)OC(C)CC(C)C. The molecule has 0 aliphatic rings. The third kappa shape index (κ3) is 6.96. The summed E-state index contributed by atoms with van der Waals surface area (Å²) < 4.78 is 5.83. The molecule has 0 spiro atoms. The summed E-state index contributed by atoms with van der Waals surface area (Å²) in [7, 11) is 6.09. The van der Waals surface area contributed by atoms with Crippen LogP contribution in [0, 0.1) is 5.92 Å². The van der Waals surface area contributed by atoms with Crippen LogP contribution in [0.1, 0.15) is 53.9 Å². The molecule has 2 nitrogen and oxygen atoms in total. The van der Waals surface area contributed by atoms with Crippen LogP contribution in [-0.4, -0.2) is 30.7 Å². The summed E-state index contributed by atoms with van der Waals surface area (Å²) in [6.45, 7) is 10.1. The van der Waals surface area contributed by atoms with Crippen molar-refractivity contribution in [1.82, 2.24) is 0 Å². The van der Waals surface area contributed by atoms with Crippen molar-refractivity contribution >= 4 is 7.85 Å². The molecule has 3 unspecified atom stereocenters. The number of hydrogen-bond acceptors (Lipinski definition) is 2. The molecule has 0 bridgehead atoms. The Labute approximate surface area is 95.8 Å². The van der Waals surface area contributed by atoms with E-state index >= 15 is 0 Å². The van der Waals surface area contributed by atoms with Crippen molar-refractivity contribution in [1.29, 1.82) is 0 Å². The summed E-state index contributed by atoms with van der Waals surface area (Å²) in [6, 6.07) is 0. The molecule has 0 aliphatic heterocycles. The second-order valence-electron chi connectivity index (χ2n) is 5.03. The van der Waals surface area contributed by atoms with Crippen molar-refractivity contribution in [3.8, 4) is 0 Å². The highest BCUT2D eigenvalue weighted by molar-refractivity contribution is 6.14. The van der Waals surface area contributed by atoms with Gasteiger partial charge in [0.2, 0.25) is 0 Å². The fourth-order valence-electron chi connectivity index (χ4n) is 1.89. The Kier molecular flexibility index (Phi) is 6.54. The summed E-state index contributed by atoms with van der Waals surface area (Å²) in [5, 5.41) is 9.35. The molecule has 0 aromatic heterocycles. The normalized spacial score (nSPS) is 19.9. The van der Waals surface area contributed by atoms with E-state index in [1.165, 1.54) is 0 Å². The lowest BCUT2D eigenvalue weighted by Gasteiger charge is -2.34. The van der Waals surface area contributed by atoms with Gasteiger partial charge in [-0.2, -0.15) is 0 Å². The zero-order valence-corrected chi connectivity index (χ0v) is 10.8. The maximum atomic E-state index is 9.35. The van der Waals surface area contributed by atoms with E-state index < -0.39 is 11.6 Å². The van der Waals surface area contributed by atoms with Crippen LogP contribution >= 0.6 is 0 Å². The molecule has 0 rings (SSSR count). The lowest BCUT2D eigenvalue weighted by Crippen LogP contribution is -2.39. The third-order valence-corrected chi connectivity index (χ3v) is 2.48. The summed E-state index contributed by atoms with van der Waals surface area (Å²) in [5.41, 5.74) is -0.678. The Morgan fingerprint density at radius 3 is 2.13 bits per heavy atom. The molecule has 0 saturated carbocycles. The molecule has 0 amide bonds. The molecule has 2 radical (unpaired) electrons. The van der Waals surface area contributed by atoms with Crippen molar-refractivity contribution < 1.29 is 9.84 Å². The molecule has 0 aromatic rings. The first-order chi connectivity index (χ1) is 6.79. The fourth-order valence-corrected chi connectivity index (χ4v) is 1.89. The van der Waals surface area contributed by atoms with Crippen molar-refractivity contribution in [3.05, 3.63) is 0 Å². The van der Waals surface area contributed by atoms with Gasteiger partial charge in [0.05, 0.1) is 12.2 Å². The summed E-state index contributed by atoms with van der Waals surface area (Å²) in [4.78, 5) is 0. The minimum absolute atomic E-state index is 0.147. The molecule has 15 heavy (non-hydrogen) atoms. The first-order valence-electron chi connectivity index (χ1n) is 5.94. The molecule has 0 heterocycles. The van der Waals surface area contributed by atoms with Crippen LogP contribution in [0.15, 0.2) is 0 Å². The molecule has 1 N–H and O–H groups in total. The third-order valence-electron chi connectivity index (χ3n) is 2.48. The van der Waals surface area contributed by atoms with Gasteiger partial charge < -0.3 is 9.84 Å². The molecular formula is C12H25BO2. The molecule has 3 atom stereocenters.